The Hall–Kier alpha value is -0.950. The van der Waals surface area contributed by atoms with Gasteiger partial charge in [0.25, 0.3) is 0 Å². The smallest absolute Gasteiger partial charge is 0.347 e. The first-order chi connectivity index (χ1) is 5.52. The lowest BCUT2D eigenvalue weighted by molar-refractivity contribution is -0.380. The van der Waals surface area contributed by atoms with Crippen LogP contribution >= 0.6 is 27.3 Å². The molecule has 64 valence electrons. The molecule has 1 heterocycles. The van der Waals surface area contributed by atoms with E-state index in [2.05, 4.69) is 15.9 Å². The fraction of sp³-hybridized carbons (Fsp3) is 0. The van der Waals surface area contributed by atoms with E-state index in [-0.39, 0.29) is 14.4 Å². The Morgan fingerprint density at radius 2 is 2.33 bits per heavy atom. The van der Waals surface area contributed by atoms with Gasteiger partial charge in [-0.1, -0.05) is 11.3 Å². The summed E-state index contributed by atoms with van der Waals surface area (Å²) in [5.41, 5.74) is 0. The van der Waals surface area contributed by atoms with Crippen molar-refractivity contribution < 1.29 is 14.8 Å². The highest BCUT2D eigenvalue weighted by molar-refractivity contribution is 9.10. The highest BCUT2D eigenvalue weighted by Gasteiger charge is 2.19. The second-order valence-electron chi connectivity index (χ2n) is 1.82. The third-order valence-electron chi connectivity index (χ3n) is 1.05. The summed E-state index contributed by atoms with van der Waals surface area (Å²) in [6, 6.07) is 1.17. The average molecular weight is 252 g/mol. The van der Waals surface area contributed by atoms with Gasteiger partial charge in [0.2, 0.25) is 0 Å². The number of hydrogen-bond acceptors (Lipinski definition) is 4. The van der Waals surface area contributed by atoms with Gasteiger partial charge in [-0.25, -0.2) is 4.79 Å². The molecule has 0 amide bonds. The summed E-state index contributed by atoms with van der Waals surface area (Å²) in [4.78, 5) is 19.9. The quantitative estimate of drug-likeness (QED) is 0.645. The molecule has 1 rings (SSSR count). The van der Waals surface area contributed by atoms with Crippen LogP contribution < -0.4 is 0 Å². The lowest BCUT2D eigenvalue weighted by Crippen LogP contribution is -1.91. The maximum atomic E-state index is 10.4. The summed E-state index contributed by atoms with van der Waals surface area (Å²) in [6.07, 6.45) is 0. The van der Waals surface area contributed by atoms with Crippen molar-refractivity contribution >= 4 is 38.2 Å². The van der Waals surface area contributed by atoms with Crippen LogP contribution in [0.1, 0.15) is 9.67 Å². The molecule has 0 bridgehead atoms. The summed E-state index contributed by atoms with van der Waals surface area (Å²) in [7, 11) is 0. The molecular formula is C5H2BrNO4S. The molecule has 0 aliphatic rings. The Morgan fingerprint density at radius 3 is 2.58 bits per heavy atom. The number of nitrogens with zero attached hydrogens (tertiary/aromatic N) is 1. The first-order valence-corrected chi connectivity index (χ1v) is 4.30. The van der Waals surface area contributed by atoms with E-state index in [4.69, 9.17) is 5.11 Å². The first-order valence-electron chi connectivity index (χ1n) is 2.69. The minimum Gasteiger partial charge on any atom is -0.477 e. The van der Waals surface area contributed by atoms with Crippen LogP contribution in [-0.2, 0) is 0 Å². The molecule has 0 atom stereocenters. The van der Waals surface area contributed by atoms with Crippen LogP contribution in [0.3, 0.4) is 0 Å². The van der Waals surface area contributed by atoms with Crippen molar-refractivity contribution in [2.24, 2.45) is 0 Å². The number of carbonyl (C=O) groups is 1. The Balaban J connectivity index is 3.17. The van der Waals surface area contributed by atoms with Gasteiger partial charge in [0.05, 0.1) is 9.40 Å². The average Bonchev–Trinajstić information content (AvgIpc) is 2.30. The van der Waals surface area contributed by atoms with Gasteiger partial charge in [0.15, 0.2) is 0 Å². The Kier molecular flexibility index (Phi) is 2.43. The molecule has 0 aromatic carbocycles. The largest absolute Gasteiger partial charge is 0.477 e. The van der Waals surface area contributed by atoms with Crippen LogP contribution in [0.2, 0.25) is 0 Å². The molecule has 0 aliphatic carbocycles. The van der Waals surface area contributed by atoms with Gasteiger partial charge in [-0.15, -0.1) is 0 Å². The van der Waals surface area contributed by atoms with Crippen LogP contribution in [0.15, 0.2) is 10.5 Å². The van der Waals surface area contributed by atoms with Crippen molar-refractivity contribution in [1.82, 2.24) is 0 Å². The number of thiophene rings is 1. The van der Waals surface area contributed by atoms with E-state index in [0.29, 0.717) is 11.3 Å². The zero-order valence-electron chi connectivity index (χ0n) is 5.48. The number of halogens is 1. The molecule has 5 nitrogen and oxygen atoms in total. The first kappa shape index (κ1) is 9.14. The van der Waals surface area contributed by atoms with Crippen molar-refractivity contribution in [1.29, 1.82) is 0 Å². The minimum absolute atomic E-state index is 0.0540. The molecule has 7 heteroatoms. The van der Waals surface area contributed by atoms with Crippen molar-refractivity contribution in [3.8, 4) is 0 Å². The van der Waals surface area contributed by atoms with Crippen molar-refractivity contribution in [2.75, 3.05) is 0 Å². The van der Waals surface area contributed by atoms with E-state index >= 15 is 0 Å². The van der Waals surface area contributed by atoms with Crippen molar-refractivity contribution in [3.05, 3.63) is 25.5 Å². The fourth-order valence-electron chi connectivity index (χ4n) is 0.593. The summed E-state index contributed by atoms with van der Waals surface area (Å²) in [6.45, 7) is 0. The topological polar surface area (TPSA) is 80.4 Å². The second kappa shape index (κ2) is 3.20. The predicted octanol–water partition coefficient (Wildman–Crippen LogP) is 2.12. The van der Waals surface area contributed by atoms with E-state index in [1.165, 1.54) is 6.07 Å². The molecule has 0 radical (unpaired) electrons. The molecule has 0 saturated heterocycles. The normalized spacial score (nSPS) is 9.75. The van der Waals surface area contributed by atoms with E-state index < -0.39 is 10.9 Å². The monoisotopic (exact) mass is 251 g/mol. The highest BCUT2D eigenvalue weighted by Crippen LogP contribution is 2.32. The lowest BCUT2D eigenvalue weighted by atomic mass is 10.5. The van der Waals surface area contributed by atoms with E-state index in [1.807, 2.05) is 0 Å². The summed E-state index contributed by atoms with van der Waals surface area (Å²) < 4.78 is 0.242. The Bertz CT molecular complexity index is 347. The van der Waals surface area contributed by atoms with Crippen LogP contribution in [0.5, 0.6) is 0 Å². The number of carboxylic acid groups (broad SMARTS) is 1. The zero-order chi connectivity index (χ0) is 9.30. The summed E-state index contributed by atoms with van der Waals surface area (Å²) in [5, 5.41) is 18.5. The molecule has 0 spiro atoms. The molecule has 0 saturated carbocycles. The van der Waals surface area contributed by atoms with E-state index in [9.17, 15) is 14.9 Å². The van der Waals surface area contributed by atoms with Gasteiger partial charge in [-0.3, -0.25) is 10.1 Å². The standard InChI is InChI=1S/C5H2BrNO4S/c6-2-1-3(7(10)11)12-4(2)5(8)9/h1H,(H,8,9). The molecule has 0 aliphatic heterocycles. The van der Waals surface area contributed by atoms with Gasteiger partial charge in [-0.2, -0.15) is 0 Å². The fourth-order valence-corrected chi connectivity index (χ4v) is 2.08. The molecule has 12 heavy (non-hydrogen) atoms. The third-order valence-corrected chi connectivity index (χ3v) is 3.01. The van der Waals surface area contributed by atoms with Gasteiger partial charge >= 0.3 is 11.0 Å². The molecule has 1 N–H and O–H groups in total. The summed E-state index contributed by atoms with van der Waals surface area (Å²) >= 11 is 3.54. The number of carboxylic acids is 1. The molecule has 0 fully saturated rings. The van der Waals surface area contributed by atoms with Gasteiger partial charge in [-0.05, 0) is 15.9 Å². The van der Waals surface area contributed by atoms with Crippen LogP contribution in [0, 0.1) is 10.1 Å². The van der Waals surface area contributed by atoms with Crippen LogP contribution in [0.25, 0.3) is 0 Å². The molecular weight excluding hydrogens is 250 g/mol. The number of hydrogen-bond donors (Lipinski definition) is 1. The SMILES string of the molecule is O=C(O)c1sc([N+](=O)[O-])cc1Br. The Morgan fingerprint density at radius 1 is 1.75 bits per heavy atom. The van der Waals surface area contributed by atoms with Crippen molar-refractivity contribution in [2.45, 2.75) is 0 Å². The van der Waals surface area contributed by atoms with Gasteiger partial charge in [0, 0.05) is 6.07 Å². The molecule has 0 unspecified atom stereocenters. The Labute approximate surface area is 78.9 Å². The highest BCUT2D eigenvalue weighted by atomic mass is 79.9. The lowest BCUT2D eigenvalue weighted by Gasteiger charge is -1.83. The van der Waals surface area contributed by atoms with Crippen LogP contribution in [0.4, 0.5) is 5.00 Å². The number of rotatable bonds is 2. The number of nitro groups is 1. The van der Waals surface area contributed by atoms with E-state index in [1.54, 1.807) is 0 Å². The van der Waals surface area contributed by atoms with Gasteiger partial charge < -0.3 is 5.11 Å². The minimum atomic E-state index is -1.17. The number of aromatic carboxylic acids is 1. The zero-order valence-corrected chi connectivity index (χ0v) is 7.89. The summed E-state index contributed by atoms with van der Waals surface area (Å²) in [5.74, 6) is -1.17. The van der Waals surface area contributed by atoms with E-state index in [0.717, 1.165) is 0 Å². The maximum absolute atomic E-state index is 10.4. The van der Waals surface area contributed by atoms with Crippen molar-refractivity contribution in [3.63, 3.8) is 0 Å². The van der Waals surface area contributed by atoms with Gasteiger partial charge in [0.1, 0.15) is 4.88 Å². The third kappa shape index (κ3) is 1.62. The van der Waals surface area contributed by atoms with Crippen LogP contribution in [-0.4, -0.2) is 16.0 Å². The molecule has 1 aromatic heterocycles. The maximum Gasteiger partial charge on any atom is 0.347 e. The molecule has 1 aromatic rings. The second-order valence-corrected chi connectivity index (χ2v) is 3.71. The predicted molar refractivity (Wildman–Crippen MR) is 45.6 cm³/mol.